The van der Waals surface area contributed by atoms with Gasteiger partial charge >= 0.3 is 0 Å². The normalized spacial score (nSPS) is 19.3. The van der Waals surface area contributed by atoms with Gasteiger partial charge in [-0.1, -0.05) is 48.9 Å². The van der Waals surface area contributed by atoms with E-state index < -0.39 is 0 Å². The van der Waals surface area contributed by atoms with Crippen LogP contribution in [0.1, 0.15) is 59.0 Å². The van der Waals surface area contributed by atoms with Crippen molar-refractivity contribution >= 4 is 29.3 Å². The monoisotopic (exact) mass is 407 g/mol. The van der Waals surface area contributed by atoms with E-state index in [1.807, 2.05) is 59.5 Å². The number of hydrazone groups is 1. The van der Waals surface area contributed by atoms with Crippen molar-refractivity contribution in [2.75, 3.05) is 5.75 Å². The summed E-state index contributed by atoms with van der Waals surface area (Å²) in [6, 6.07) is 17.5. The van der Waals surface area contributed by atoms with Crippen molar-refractivity contribution in [2.24, 2.45) is 5.10 Å². The molecular formula is C23H25N3O2S. The van der Waals surface area contributed by atoms with E-state index in [1.54, 1.807) is 11.8 Å². The van der Waals surface area contributed by atoms with Crippen molar-refractivity contribution in [2.45, 2.75) is 44.0 Å². The third-order valence-electron chi connectivity index (χ3n) is 5.37. The van der Waals surface area contributed by atoms with Gasteiger partial charge in [0.25, 0.3) is 5.91 Å². The third kappa shape index (κ3) is 4.88. The molecule has 1 heterocycles. The summed E-state index contributed by atoms with van der Waals surface area (Å²) in [6.45, 7) is 0.594. The van der Waals surface area contributed by atoms with E-state index in [-0.39, 0.29) is 17.2 Å². The molecular weight excluding hydrogens is 382 g/mol. The van der Waals surface area contributed by atoms with Gasteiger partial charge < -0.3 is 4.90 Å². The number of benzene rings is 2. The van der Waals surface area contributed by atoms with Crippen molar-refractivity contribution in [3.8, 4) is 0 Å². The van der Waals surface area contributed by atoms with Gasteiger partial charge in [-0.05, 0) is 48.9 Å². The van der Waals surface area contributed by atoms with E-state index >= 15 is 0 Å². The summed E-state index contributed by atoms with van der Waals surface area (Å²) >= 11 is 1.63. The smallest absolute Gasteiger partial charge is 0.271 e. The van der Waals surface area contributed by atoms with Crippen LogP contribution in [-0.2, 0) is 11.3 Å². The number of amides is 2. The lowest BCUT2D eigenvalue weighted by molar-refractivity contribution is -0.128. The lowest BCUT2D eigenvalue weighted by atomic mass is 9.99. The Labute approximate surface area is 175 Å². The molecule has 1 atom stereocenters. The molecule has 1 N–H and O–H groups in total. The van der Waals surface area contributed by atoms with E-state index in [2.05, 4.69) is 10.5 Å². The van der Waals surface area contributed by atoms with Gasteiger partial charge in [0.2, 0.25) is 5.91 Å². The van der Waals surface area contributed by atoms with Crippen LogP contribution in [-0.4, -0.2) is 28.2 Å². The molecule has 29 heavy (non-hydrogen) atoms. The maximum atomic E-state index is 12.4. The van der Waals surface area contributed by atoms with E-state index in [4.69, 9.17) is 0 Å². The predicted octanol–water partition coefficient (Wildman–Crippen LogP) is 4.51. The minimum absolute atomic E-state index is 0.0256. The quantitative estimate of drug-likeness (QED) is 0.742. The number of nitrogens with zero attached hydrogens (tertiary/aromatic N) is 2. The number of thioether (sulfide) groups is 1. The average Bonchev–Trinajstić information content (AvgIpc) is 3.14. The van der Waals surface area contributed by atoms with Gasteiger partial charge in [0.15, 0.2) is 0 Å². The summed E-state index contributed by atoms with van der Waals surface area (Å²) < 4.78 is 0. The minimum atomic E-state index is -0.189. The van der Waals surface area contributed by atoms with Gasteiger partial charge in [-0.25, -0.2) is 5.43 Å². The fourth-order valence-corrected chi connectivity index (χ4v) is 4.93. The Balaban J connectivity index is 1.42. The minimum Gasteiger partial charge on any atom is -0.322 e. The Morgan fingerprint density at radius 3 is 2.48 bits per heavy atom. The molecule has 2 aromatic carbocycles. The summed E-state index contributed by atoms with van der Waals surface area (Å²) in [7, 11) is 0. The first-order chi connectivity index (χ1) is 14.2. The molecule has 0 bridgehead atoms. The largest absolute Gasteiger partial charge is 0.322 e. The third-order valence-corrected chi connectivity index (χ3v) is 6.62. The van der Waals surface area contributed by atoms with Crippen LogP contribution in [0.5, 0.6) is 0 Å². The van der Waals surface area contributed by atoms with Crippen molar-refractivity contribution in [1.29, 1.82) is 0 Å². The standard InChI is InChI=1S/C23H25N3O2S/c27-21-16-29-23(26(21)15-17-7-3-1-4-8-17)19-13-11-18(12-14-19)22(28)25-24-20-9-5-2-6-10-20/h1,3-4,7-8,11-14,23H,2,5-6,9-10,15-16H2,(H,25,28)/t23-/m1/s1. The Morgan fingerprint density at radius 2 is 1.76 bits per heavy atom. The number of carbonyl (C=O) groups is 2. The molecule has 1 saturated carbocycles. The molecule has 0 spiro atoms. The first kappa shape index (κ1) is 19.7. The topological polar surface area (TPSA) is 61.8 Å². The van der Waals surface area contributed by atoms with Crippen molar-refractivity contribution in [3.05, 3.63) is 71.3 Å². The average molecular weight is 408 g/mol. The van der Waals surface area contributed by atoms with Crippen LogP contribution >= 0.6 is 11.8 Å². The highest BCUT2D eigenvalue weighted by atomic mass is 32.2. The molecule has 1 saturated heterocycles. The summed E-state index contributed by atoms with van der Waals surface area (Å²) in [4.78, 5) is 26.7. The van der Waals surface area contributed by atoms with E-state index in [0.717, 1.165) is 42.5 Å². The summed E-state index contributed by atoms with van der Waals surface area (Å²) in [6.07, 6.45) is 5.51. The lowest BCUT2D eigenvalue weighted by Gasteiger charge is -2.24. The Hall–Kier alpha value is -2.60. The van der Waals surface area contributed by atoms with Gasteiger partial charge in [0.05, 0.1) is 5.75 Å². The van der Waals surface area contributed by atoms with Crippen molar-refractivity contribution in [3.63, 3.8) is 0 Å². The number of hydrogen-bond donors (Lipinski definition) is 1. The van der Waals surface area contributed by atoms with Crippen LogP contribution < -0.4 is 5.43 Å². The SMILES string of the molecule is O=C(NN=C1CCCCC1)c1ccc([C@H]2SCC(=O)N2Cc2ccccc2)cc1. The molecule has 4 rings (SSSR count). The van der Waals surface area contributed by atoms with Crippen LogP contribution in [0.4, 0.5) is 0 Å². The molecule has 0 aromatic heterocycles. The first-order valence-electron chi connectivity index (χ1n) is 10.1. The van der Waals surface area contributed by atoms with Crippen molar-refractivity contribution < 1.29 is 9.59 Å². The molecule has 0 unspecified atom stereocenters. The Kier molecular flexibility index (Phi) is 6.30. The van der Waals surface area contributed by atoms with Crippen LogP contribution in [0.15, 0.2) is 59.7 Å². The van der Waals surface area contributed by atoms with Crippen molar-refractivity contribution in [1.82, 2.24) is 10.3 Å². The zero-order valence-electron chi connectivity index (χ0n) is 16.3. The van der Waals surface area contributed by atoms with Gasteiger partial charge in [0.1, 0.15) is 5.37 Å². The maximum Gasteiger partial charge on any atom is 0.271 e. The van der Waals surface area contributed by atoms with Gasteiger partial charge in [-0.2, -0.15) is 5.10 Å². The lowest BCUT2D eigenvalue weighted by Crippen LogP contribution is -2.27. The Morgan fingerprint density at radius 1 is 1.03 bits per heavy atom. The van der Waals surface area contributed by atoms with Gasteiger partial charge in [-0.3, -0.25) is 9.59 Å². The fraction of sp³-hybridized carbons (Fsp3) is 0.348. The zero-order chi connectivity index (χ0) is 20.1. The molecule has 6 heteroatoms. The molecule has 150 valence electrons. The van der Waals surface area contributed by atoms with Crippen LogP contribution in [0.3, 0.4) is 0 Å². The van der Waals surface area contributed by atoms with Crippen LogP contribution in [0.25, 0.3) is 0 Å². The highest BCUT2D eigenvalue weighted by Crippen LogP contribution is 2.39. The molecule has 0 radical (unpaired) electrons. The maximum absolute atomic E-state index is 12.4. The fourth-order valence-electron chi connectivity index (χ4n) is 3.75. The van der Waals surface area contributed by atoms with Crippen LogP contribution in [0, 0.1) is 0 Å². The molecule has 2 aliphatic rings. The number of carbonyl (C=O) groups excluding carboxylic acids is 2. The van der Waals surface area contributed by atoms with E-state index in [9.17, 15) is 9.59 Å². The molecule has 2 aromatic rings. The predicted molar refractivity (Wildman–Crippen MR) is 117 cm³/mol. The highest BCUT2D eigenvalue weighted by Gasteiger charge is 2.32. The second-order valence-corrected chi connectivity index (χ2v) is 8.54. The van der Waals surface area contributed by atoms with Gasteiger partial charge in [-0.15, -0.1) is 11.8 Å². The van der Waals surface area contributed by atoms with E-state index in [1.165, 1.54) is 6.42 Å². The summed E-state index contributed by atoms with van der Waals surface area (Å²) in [5.41, 5.74) is 6.50. The Bertz CT molecular complexity index is 888. The van der Waals surface area contributed by atoms with Gasteiger partial charge in [0, 0.05) is 17.8 Å². The second-order valence-electron chi connectivity index (χ2n) is 7.47. The summed E-state index contributed by atoms with van der Waals surface area (Å²) in [5, 5.41) is 4.26. The molecule has 2 amide bonds. The molecule has 1 aliphatic carbocycles. The first-order valence-corrected chi connectivity index (χ1v) is 11.2. The highest BCUT2D eigenvalue weighted by molar-refractivity contribution is 8.00. The summed E-state index contributed by atoms with van der Waals surface area (Å²) in [5.74, 6) is 0.442. The number of rotatable bonds is 5. The van der Waals surface area contributed by atoms with Crippen LogP contribution in [0.2, 0.25) is 0 Å². The molecule has 1 aliphatic heterocycles. The number of hydrogen-bond acceptors (Lipinski definition) is 4. The molecule has 5 nitrogen and oxygen atoms in total. The number of nitrogens with one attached hydrogen (secondary N) is 1. The second kappa shape index (κ2) is 9.27. The van der Waals surface area contributed by atoms with E-state index in [0.29, 0.717) is 17.9 Å². The zero-order valence-corrected chi connectivity index (χ0v) is 17.2. The molecule has 2 fully saturated rings.